The molecule has 0 unspecified atom stereocenters. The van der Waals surface area contributed by atoms with Crippen molar-refractivity contribution in [1.29, 1.82) is 0 Å². The van der Waals surface area contributed by atoms with Gasteiger partial charge in [0.1, 0.15) is 5.69 Å². The molecule has 0 saturated carbocycles. The van der Waals surface area contributed by atoms with Crippen LogP contribution in [-0.2, 0) is 22.2 Å². The highest BCUT2D eigenvalue weighted by Gasteiger charge is 2.13. The van der Waals surface area contributed by atoms with Gasteiger partial charge in [0, 0.05) is 19.2 Å². The van der Waals surface area contributed by atoms with Crippen LogP contribution in [-0.4, -0.2) is 30.1 Å². The first-order chi connectivity index (χ1) is 11.6. The molecule has 0 radical (unpaired) electrons. The van der Waals surface area contributed by atoms with E-state index < -0.39 is 10.0 Å². The van der Waals surface area contributed by atoms with Crippen molar-refractivity contribution in [3.05, 3.63) is 66.2 Å². The number of hydrogen-bond acceptors (Lipinski definition) is 6. The summed E-state index contributed by atoms with van der Waals surface area (Å²) in [5, 5.41) is 7.82. The molecule has 3 aromatic rings. The van der Waals surface area contributed by atoms with Gasteiger partial charge in [0.05, 0.1) is 5.75 Å². The second-order valence-electron chi connectivity index (χ2n) is 5.10. The summed E-state index contributed by atoms with van der Waals surface area (Å²) in [6, 6.07) is 14.4. The molecule has 1 aromatic carbocycles. The number of hydrogen-bond donors (Lipinski definition) is 1. The molecule has 7 nitrogen and oxygen atoms in total. The summed E-state index contributed by atoms with van der Waals surface area (Å²) in [5.74, 6) is 0.618. The number of aromatic nitrogens is 3. The Morgan fingerprint density at radius 1 is 1.00 bits per heavy atom. The Morgan fingerprint density at radius 2 is 1.79 bits per heavy atom. The standard InChI is InChI=1S/C16H16N4O3S/c21-24(22,12-13-6-2-1-3-7-13)18-11-9-15-19-20-16(23-15)14-8-4-5-10-17-14/h1-8,10,18H,9,11-12H2. The molecular formula is C16H16N4O3S. The Balaban J connectivity index is 1.54. The maximum absolute atomic E-state index is 12.0. The van der Waals surface area contributed by atoms with Crippen LogP contribution in [0.2, 0.25) is 0 Å². The minimum Gasteiger partial charge on any atom is -0.419 e. The van der Waals surface area contributed by atoms with Crippen molar-refractivity contribution in [2.45, 2.75) is 12.2 Å². The molecule has 0 aliphatic carbocycles. The number of nitrogens with zero attached hydrogens (tertiary/aromatic N) is 3. The molecule has 2 heterocycles. The molecule has 0 bridgehead atoms. The van der Waals surface area contributed by atoms with Crippen molar-refractivity contribution in [3.63, 3.8) is 0 Å². The largest absolute Gasteiger partial charge is 0.419 e. The van der Waals surface area contributed by atoms with Crippen molar-refractivity contribution < 1.29 is 12.8 Å². The van der Waals surface area contributed by atoms with Crippen LogP contribution in [0.1, 0.15) is 11.5 Å². The Kier molecular flexibility index (Phi) is 4.97. The van der Waals surface area contributed by atoms with Crippen LogP contribution in [0.25, 0.3) is 11.6 Å². The first-order valence-electron chi connectivity index (χ1n) is 7.37. The van der Waals surface area contributed by atoms with Gasteiger partial charge in [0.2, 0.25) is 15.9 Å². The van der Waals surface area contributed by atoms with Crippen LogP contribution in [0.5, 0.6) is 0 Å². The number of sulfonamides is 1. The number of benzene rings is 1. The van der Waals surface area contributed by atoms with E-state index in [2.05, 4.69) is 19.9 Å². The zero-order valence-electron chi connectivity index (χ0n) is 12.8. The number of pyridine rings is 1. The zero-order chi connectivity index (χ0) is 16.8. The lowest BCUT2D eigenvalue weighted by Gasteiger charge is -2.05. The third-order valence-electron chi connectivity index (χ3n) is 3.21. The van der Waals surface area contributed by atoms with Crippen molar-refractivity contribution in [1.82, 2.24) is 19.9 Å². The highest BCUT2D eigenvalue weighted by molar-refractivity contribution is 7.88. The second kappa shape index (κ2) is 7.33. The van der Waals surface area contributed by atoms with Crippen molar-refractivity contribution >= 4 is 10.0 Å². The Bertz CT molecular complexity index is 880. The summed E-state index contributed by atoms with van der Waals surface area (Å²) < 4.78 is 32.1. The predicted molar refractivity (Wildman–Crippen MR) is 88.3 cm³/mol. The highest BCUT2D eigenvalue weighted by Crippen LogP contribution is 2.14. The van der Waals surface area contributed by atoms with Crippen LogP contribution >= 0.6 is 0 Å². The van der Waals surface area contributed by atoms with Gasteiger partial charge in [-0.15, -0.1) is 10.2 Å². The molecule has 0 spiro atoms. The quantitative estimate of drug-likeness (QED) is 0.702. The minimum absolute atomic E-state index is 0.0587. The molecule has 124 valence electrons. The maximum Gasteiger partial charge on any atom is 0.266 e. The molecule has 0 amide bonds. The van der Waals surface area contributed by atoms with E-state index in [1.165, 1.54) is 0 Å². The van der Waals surface area contributed by atoms with Crippen molar-refractivity contribution in [2.24, 2.45) is 0 Å². The molecule has 8 heteroatoms. The highest BCUT2D eigenvalue weighted by atomic mass is 32.2. The number of nitrogens with one attached hydrogen (secondary N) is 1. The van der Waals surface area contributed by atoms with Crippen molar-refractivity contribution in [3.8, 4) is 11.6 Å². The van der Waals surface area contributed by atoms with E-state index in [4.69, 9.17) is 4.42 Å². The Morgan fingerprint density at radius 3 is 2.54 bits per heavy atom. The van der Waals surface area contributed by atoms with Gasteiger partial charge >= 0.3 is 0 Å². The lowest BCUT2D eigenvalue weighted by molar-refractivity contribution is 0.500. The van der Waals surface area contributed by atoms with Gasteiger partial charge in [0.15, 0.2) is 0 Å². The van der Waals surface area contributed by atoms with E-state index in [0.29, 0.717) is 23.9 Å². The van der Waals surface area contributed by atoms with E-state index in [9.17, 15) is 8.42 Å². The fourth-order valence-corrected chi connectivity index (χ4v) is 3.25. The predicted octanol–water partition coefficient (Wildman–Crippen LogP) is 1.79. The molecule has 0 aliphatic rings. The third kappa shape index (κ3) is 4.46. The lowest BCUT2D eigenvalue weighted by atomic mass is 10.2. The smallest absolute Gasteiger partial charge is 0.266 e. The molecule has 24 heavy (non-hydrogen) atoms. The lowest BCUT2D eigenvalue weighted by Crippen LogP contribution is -2.27. The molecule has 0 fully saturated rings. The summed E-state index contributed by atoms with van der Waals surface area (Å²) >= 11 is 0. The molecule has 1 N–H and O–H groups in total. The molecular weight excluding hydrogens is 328 g/mol. The molecule has 0 aliphatic heterocycles. The van der Waals surface area contributed by atoms with Gasteiger partial charge in [-0.25, -0.2) is 13.1 Å². The first-order valence-corrected chi connectivity index (χ1v) is 9.03. The fourth-order valence-electron chi connectivity index (χ4n) is 2.11. The summed E-state index contributed by atoms with van der Waals surface area (Å²) in [6.45, 7) is 0.193. The minimum atomic E-state index is -3.40. The monoisotopic (exact) mass is 344 g/mol. The van der Waals surface area contributed by atoms with Crippen molar-refractivity contribution in [2.75, 3.05) is 6.54 Å². The van der Waals surface area contributed by atoms with Gasteiger partial charge < -0.3 is 4.42 Å². The molecule has 3 rings (SSSR count). The van der Waals surface area contributed by atoms with Gasteiger partial charge in [-0.1, -0.05) is 36.4 Å². The average molecular weight is 344 g/mol. The van der Waals surface area contributed by atoms with Crippen LogP contribution in [0.4, 0.5) is 0 Å². The van der Waals surface area contributed by atoms with Crippen LogP contribution in [0.15, 0.2) is 59.1 Å². The number of rotatable bonds is 7. The van der Waals surface area contributed by atoms with Gasteiger partial charge in [-0.2, -0.15) is 0 Å². The fraction of sp³-hybridized carbons (Fsp3) is 0.188. The SMILES string of the molecule is O=S(=O)(Cc1ccccc1)NCCc1nnc(-c2ccccn2)o1. The van der Waals surface area contributed by atoms with E-state index in [1.54, 1.807) is 30.5 Å². The molecule has 0 saturated heterocycles. The van der Waals surface area contributed by atoms with E-state index in [-0.39, 0.29) is 12.3 Å². The summed E-state index contributed by atoms with van der Waals surface area (Å²) in [6.07, 6.45) is 1.95. The summed E-state index contributed by atoms with van der Waals surface area (Å²) in [5.41, 5.74) is 1.32. The molecule has 0 atom stereocenters. The summed E-state index contributed by atoms with van der Waals surface area (Å²) in [4.78, 5) is 4.12. The van der Waals surface area contributed by atoms with Gasteiger partial charge in [-0.05, 0) is 17.7 Å². The average Bonchev–Trinajstić information content (AvgIpc) is 3.05. The molecule has 2 aromatic heterocycles. The van der Waals surface area contributed by atoms with Gasteiger partial charge in [-0.3, -0.25) is 4.98 Å². The Hall–Kier alpha value is -2.58. The van der Waals surface area contributed by atoms with Gasteiger partial charge in [0.25, 0.3) is 5.89 Å². The second-order valence-corrected chi connectivity index (χ2v) is 6.91. The maximum atomic E-state index is 12.0. The van der Waals surface area contributed by atoms with E-state index >= 15 is 0 Å². The first kappa shape index (κ1) is 16.3. The van der Waals surface area contributed by atoms with E-state index in [1.807, 2.05) is 24.3 Å². The summed E-state index contributed by atoms with van der Waals surface area (Å²) in [7, 11) is -3.40. The van der Waals surface area contributed by atoms with Crippen LogP contribution in [0, 0.1) is 0 Å². The Labute approximate surface area is 139 Å². The van der Waals surface area contributed by atoms with Crippen LogP contribution in [0.3, 0.4) is 0 Å². The van der Waals surface area contributed by atoms with Crippen LogP contribution < -0.4 is 4.72 Å². The van der Waals surface area contributed by atoms with E-state index in [0.717, 1.165) is 5.56 Å². The normalized spacial score (nSPS) is 11.5. The third-order valence-corrected chi connectivity index (χ3v) is 4.57. The topological polar surface area (TPSA) is 98.0 Å². The zero-order valence-corrected chi connectivity index (χ0v) is 13.6.